The average Bonchev–Trinajstić information content (AvgIpc) is 3.01. The molecule has 0 bridgehead atoms. The lowest BCUT2D eigenvalue weighted by atomic mass is 9.77. The first-order valence-electron chi connectivity index (χ1n) is 8.15. The molecule has 122 valence electrons. The maximum absolute atomic E-state index is 12.5. The van der Waals surface area contributed by atoms with Crippen molar-refractivity contribution in [3.63, 3.8) is 0 Å². The second-order valence-electron chi connectivity index (χ2n) is 6.87. The third kappa shape index (κ3) is 3.79. The van der Waals surface area contributed by atoms with Crippen molar-refractivity contribution in [2.24, 2.45) is 5.41 Å². The summed E-state index contributed by atoms with van der Waals surface area (Å²) >= 11 is 0. The van der Waals surface area contributed by atoms with Crippen LogP contribution in [-0.2, 0) is 11.3 Å². The van der Waals surface area contributed by atoms with Gasteiger partial charge in [-0.2, -0.15) is 5.10 Å². The van der Waals surface area contributed by atoms with E-state index in [0.29, 0.717) is 0 Å². The minimum Gasteiger partial charge on any atom is -0.325 e. The Kier molecular flexibility index (Phi) is 4.48. The Morgan fingerprint density at radius 3 is 2.83 bits per heavy atom. The molecule has 0 aliphatic carbocycles. The third-order valence-corrected chi connectivity index (χ3v) is 4.52. The van der Waals surface area contributed by atoms with Gasteiger partial charge in [0.2, 0.25) is 5.91 Å². The molecule has 1 amide bonds. The van der Waals surface area contributed by atoms with Gasteiger partial charge in [-0.25, -0.2) is 0 Å². The van der Waals surface area contributed by atoms with Crippen LogP contribution in [0.2, 0.25) is 0 Å². The van der Waals surface area contributed by atoms with Crippen LogP contribution in [0.3, 0.4) is 0 Å². The van der Waals surface area contributed by atoms with Gasteiger partial charge in [-0.1, -0.05) is 26.0 Å². The Morgan fingerprint density at radius 2 is 2.17 bits per heavy atom. The number of carbonyl (C=O) groups is 1. The number of anilines is 1. The second-order valence-corrected chi connectivity index (χ2v) is 6.87. The molecule has 1 aromatic heterocycles. The van der Waals surface area contributed by atoms with Crippen molar-refractivity contribution in [2.45, 2.75) is 39.3 Å². The van der Waals surface area contributed by atoms with Gasteiger partial charge in [0.25, 0.3) is 0 Å². The van der Waals surface area contributed by atoms with E-state index in [1.807, 2.05) is 41.2 Å². The predicted molar refractivity (Wildman–Crippen MR) is 91.2 cm³/mol. The van der Waals surface area contributed by atoms with Crippen molar-refractivity contribution in [3.05, 3.63) is 48.3 Å². The average molecular weight is 312 g/mol. The largest absolute Gasteiger partial charge is 0.325 e. The van der Waals surface area contributed by atoms with Gasteiger partial charge in [-0.15, -0.1) is 0 Å². The lowest BCUT2D eigenvalue weighted by Crippen LogP contribution is -2.53. The molecule has 1 saturated heterocycles. The predicted octanol–water partition coefficient (Wildman–Crippen LogP) is 2.65. The normalized spacial score (nSPS) is 20.2. The molecule has 1 aliphatic heterocycles. The number of nitrogens with zero attached hydrogens (tertiary/aromatic N) is 2. The van der Waals surface area contributed by atoms with Gasteiger partial charge in [0, 0.05) is 18.1 Å². The van der Waals surface area contributed by atoms with Gasteiger partial charge < -0.3 is 10.6 Å². The number of amides is 1. The molecule has 2 heterocycles. The van der Waals surface area contributed by atoms with E-state index in [2.05, 4.69) is 29.6 Å². The molecule has 1 aliphatic rings. The third-order valence-electron chi connectivity index (χ3n) is 4.52. The number of carbonyl (C=O) groups excluding carboxylic acids is 1. The highest BCUT2D eigenvalue weighted by Gasteiger charge is 2.36. The zero-order valence-corrected chi connectivity index (χ0v) is 13.7. The highest BCUT2D eigenvalue weighted by molar-refractivity contribution is 5.95. The fraction of sp³-hybridized carbons (Fsp3) is 0.444. The first-order valence-corrected chi connectivity index (χ1v) is 8.15. The van der Waals surface area contributed by atoms with Gasteiger partial charge in [-0.3, -0.25) is 9.48 Å². The Labute approximate surface area is 137 Å². The lowest BCUT2D eigenvalue weighted by Gasteiger charge is -2.38. The molecular formula is C18H24N4O. The van der Waals surface area contributed by atoms with E-state index in [9.17, 15) is 4.79 Å². The fourth-order valence-electron chi connectivity index (χ4n) is 3.15. The summed E-state index contributed by atoms with van der Waals surface area (Å²) in [6.45, 7) is 5.94. The van der Waals surface area contributed by atoms with E-state index in [0.717, 1.165) is 37.2 Å². The summed E-state index contributed by atoms with van der Waals surface area (Å²) in [5.41, 5.74) is 1.98. The SMILES string of the molecule is CC1(C)CCCNC1C(=O)Nc1ccc(Cn2cccn2)cc1. The second kappa shape index (κ2) is 6.54. The zero-order chi connectivity index (χ0) is 16.3. The summed E-state index contributed by atoms with van der Waals surface area (Å²) < 4.78 is 1.88. The molecule has 3 rings (SSSR count). The summed E-state index contributed by atoms with van der Waals surface area (Å²) in [5.74, 6) is 0.0505. The van der Waals surface area contributed by atoms with Gasteiger partial charge >= 0.3 is 0 Å². The number of rotatable bonds is 4. The lowest BCUT2D eigenvalue weighted by molar-refractivity contribution is -0.121. The molecule has 5 nitrogen and oxygen atoms in total. The van der Waals surface area contributed by atoms with Crippen LogP contribution in [0.25, 0.3) is 0 Å². The van der Waals surface area contributed by atoms with E-state index in [1.165, 1.54) is 0 Å². The summed E-state index contributed by atoms with van der Waals surface area (Å²) in [4.78, 5) is 12.5. The van der Waals surface area contributed by atoms with Crippen LogP contribution in [0.15, 0.2) is 42.7 Å². The maximum Gasteiger partial charge on any atom is 0.242 e. The molecule has 2 N–H and O–H groups in total. The van der Waals surface area contributed by atoms with Crippen LogP contribution in [0.1, 0.15) is 32.3 Å². The van der Waals surface area contributed by atoms with E-state index in [4.69, 9.17) is 0 Å². The summed E-state index contributed by atoms with van der Waals surface area (Å²) in [5, 5.41) is 10.6. The van der Waals surface area contributed by atoms with Crippen LogP contribution < -0.4 is 10.6 Å². The van der Waals surface area contributed by atoms with E-state index >= 15 is 0 Å². The number of benzene rings is 1. The fourth-order valence-corrected chi connectivity index (χ4v) is 3.15. The molecule has 5 heteroatoms. The molecule has 2 aromatic rings. The van der Waals surface area contributed by atoms with Crippen LogP contribution in [0.4, 0.5) is 5.69 Å². The minimum absolute atomic E-state index is 0.0115. The topological polar surface area (TPSA) is 59.0 Å². The highest BCUT2D eigenvalue weighted by Crippen LogP contribution is 2.30. The molecule has 1 atom stereocenters. The van der Waals surface area contributed by atoms with Gasteiger partial charge in [-0.05, 0) is 48.6 Å². The number of hydrogen-bond acceptors (Lipinski definition) is 3. The Balaban J connectivity index is 1.62. The van der Waals surface area contributed by atoms with E-state index in [1.54, 1.807) is 6.20 Å². The van der Waals surface area contributed by atoms with Crippen LogP contribution >= 0.6 is 0 Å². The molecule has 1 aromatic carbocycles. The first-order chi connectivity index (χ1) is 11.0. The monoisotopic (exact) mass is 312 g/mol. The molecular weight excluding hydrogens is 288 g/mol. The summed E-state index contributed by atoms with van der Waals surface area (Å²) in [6.07, 6.45) is 5.90. The number of nitrogens with one attached hydrogen (secondary N) is 2. The molecule has 0 saturated carbocycles. The van der Waals surface area contributed by atoms with Crippen LogP contribution in [0, 0.1) is 5.41 Å². The number of piperidine rings is 1. The first kappa shape index (κ1) is 15.7. The smallest absolute Gasteiger partial charge is 0.242 e. The van der Waals surface area contributed by atoms with Crippen molar-refractivity contribution < 1.29 is 4.79 Å². The van der Waals surface area contributed by atoms with Crippen LogP contribution in [0.5, 0.6) is 0 Å². The number of aromatic nitrogens is 2. The van der Waals surface area contributed by atoms with E-state index in [-0.39, 0.29) is 17.4 Å². The molecule has 1 unspecified atom stereocenters. The quantitative estimate of drug-likeness (QED) is 0.912. The van der Waals surface area contributed by atoms with Crippen LogP contribution in [-0.4, -0.2) is 28.3 Å². The number of hydrogen-bond donors (Lipinski definition) is 2. The highest BCUT2D eigenvalue weighted by atomic mass is 16.2. The van der Waals surface area contributed by atoms with Crippen molar-refractivity contribution in [2.75, 3.05) is 11.9 Å². The van der Waals surface area contributed by atoms with Crippen molar-refractivity contribution in [1.82, 2.24) is 15.1 Å². The zero-order valence-electron chi connectivity index (χ0n) is 13.7. The standard InChI is InChI=1S/C18H24N4O/c1-18(2)9-3-10-19-16(18)17(23)21-15-7-5-14(6-8-15)13-22-12-4-11-20-22/h4-8,11-12,16,19H,3,9-10,13H2,1-2H3,(H,21,23). The Bertz CT molecular complexity index is 646. The Hall–Kier alpha value is -2.14. The Morgan fingerprint density at radius 1 is 1.39 bits per heavy atom. The van der Waals surface area contributed by atoms with Crippen molar-refractivity contribution in [1.29, 1.82) is 0 Å². The minimum atomic E-state index is -0.139. The summed E-state index contributed by atoms with van der Waals surface area (Å²) in [6, 6.07) is 9.72. The van der Waals surface area contributed by atoms with Crippen molar-refractivity contribution >= 4 is 11.6 Å². The van der Waals surface area contributed by atoms with Gasteiger partial charge in [0.05, 0.1) is 12.6 Å². The van der Waals surface area contributed by atoms with Gasteiger partial charge in [0.1, 0.15) is 0 Å². The maximum atomic E-state index is 12.5. The molecule has 23 heavy (non-hydrogen) atoms. The summed E-state index contributed by atoms with van der Waals surface area (Å²) in [7, 11) is 0. The van der Waals surface area contributed by atoms with Gasteiger partial charge in [0.15, 0.2) is 0 Å². The molecule has 0 spiro atoms. The van der Waals surface area contributed by atoms with Crippen molar-refractivity contribution in [3.8, 4) is 0 Å². The molecule has 1 fully saturated rings. The van der Waals surface area contributed by atoms with E-state index < -0.39 is 0 Å². The molecule has 0 radical (unpaired) electrons.